The van der Waals surface area contributed by atoms with E-state index in [2.05, 4.69) is 10.6 Å². The molecule has 140 valence electrons. The number of nitrogens with one attached hydrogen (secondary N) is 2. The van der Waals surface area contributed by atoms with Crippen LogP contribution in [0.1, 0.15) is 15.9 Å². The fraction of sp³-hybridized carbons (Fsp3) is 0.0476. The lowest BCUT2D eigenvalue weighted by atomic mass is 10.0. The van der Waals surface area contributed by atoms with E-state index in [1.54, 1.807) is 31.2 Å². The molecule has 0 atom stereocenters. The second-order valence-corrected chi connectivity index (χ2v) is 6.52. The molecule has 2 N–H and O–H groups in total. The van der Waals surface area contributed by atoms with Gasteiger partial charge in [-0.25, -0.2) is 0 Å². The molecule has 0 spiro atoms. The van der Waals surface area contributed by atoms with Crippen LogP contribution >= 0.6 is 12.2 Å². The SMILES string of the molecule is Cc1ccc(NC(=S)NC(=O)c2ccc(-c3ccccc3)cc2)cc1[N+](=O)[O-]. The molecule has 28 heavy (non-hydrogen) atoms. The van der Waals surface area contributed by atoms with Crippen molar-refractivity contribution in [2.45, 2.75) is 6.92 Å². The van der Waals surface area contributed by atoms with Crippen LogP contribution in [0.15, 0.2) is 72.8 Å². The third kappa shape index (κ3) is 4.57. The summed E-state index contributed by atoms with van der Waals surface area (Å²) >= 11 is 5.14. The van der Waals surface area contributed by atoms with Crippen molar-refractivity contribution >= 4 is 34.6 Å². The van der Waals surface area contributed by atoms with Gasteiger partial charge in [0, 0.05) is 22.9 Å². The maximum atomic E-state index is 12.4. The molecule has 1 amide bonds. The highest BCUT2D eigenvalue weighted by atomic mass is 32.1. The molecule has 0 radical (unpaired) electrons. The van der Waals surface area contributed by atoms with Gasteiger partial charge in [0.2, 0.25) is 0 Å². The zero-order valence-electron chi connectivity index (χ0n) is 15.0. The molecule has 7 heteroatoms. The molecule has 0 unspecified atom stereocenters. The van der Waals surface area contributed by atoms with Crippen molar-refractivity contribution in [3.63, 3.8) is 0 Å². The summed E-state index contributed by atoms with van der Waals surface area (Å²) in [6, 6.07) is 21.7. The molecule has 0 saturated carbocycles. The average Bonchev–Trinajstić information content (AvgIpc) is 2.70. The van der Waals surface area contributed by atoms with Crippen molar-refractivity contribution in [1.82, 2.24) is 5.32 Å². The summed E-state index contributed by atoms with van der Waals surface area (Å²) in [5.41, 5.74) is 3.48. The lowest BCUT2D eigenvalue weighted by Crippen LogP contribution is -2.34. The average molecular weight is 391 g/mol. The Balaban J connectivity index is 1.65. The van der Waals surface area contributed by atoms with Crippen LogP contribution in [0.4, 0.5) is 11.4 Å². The molecule has 6 nitrogen and oxygen atoms in total. The van der Waals surface area contributed by atoms with Crippen LogP contribution in [-0.4, -0.2) is 15.9 Å². The fourth-order valence-corrected chi connectivity index (χ4v) is 2.88. The third-order valence-corrected chi connectivity index (χ3v) is 4.35. The van der Waals surface area contributed by atoms with Gasteiger partial charge in [0.05, 0.1) is 4.92 Å². The van der Waals surface area contributed by atoms with Gasteiger partial charge in [0.1, 0.15) is 0 Å². The van der Waals surface area contributed by atoms with E-state index in [1.165, 1.54) is 6.07 Å². The first kappa shape index (κ1) is 19.2. The highest BCUT2D eigenvalue weighted by Gasteiger charge is 2.13. The fourth-order valence-electron chi connectivity index (χ4n) is 2.67. The number of rotatable bonds is 4. The summed E-state index contributed by atoms with van der Waals surface area (Å²) in [4.78, 5) is 22.9. The van der Waals surface area contributed by atoms with Gasteiger partial charge >= 0.3 is 0 Å². The van der Waals surface area contributed by atoms with Gasteiger partial charge in [0.15, 0.2) is 5.11 Å². The maximum absolute atomic E-state index is 12.4. The van der Waals surface area contributed by atoms with Crippen LogP contribution in [0, 0.1) is 17.0 Å². The third-order valence-electron chi connectivity index (χ3n) is 4.14. The summed E-state index contributed by atoms with van der Waals surface area (Å²) in [5.74, 6) is -0.362. The Bertz CT molecular complexity index is 1030. The molecule has 0 heterocycles. The van der Waals surface area contributed by atoms with Gasteiger partial charge in [-0.3, -0.25) is 20.2 Å². The zero-order chi connectivity index (χ0) is 20.1. The van der Waals surface area contributed by atoms with Gasteiger partial charge in [-0.05, 0) is 48.5 Å². The Morgan fingerprint density at radius 2 is 1.61 bits per heavy atom. The van der Waals surface area contributed by atoms with E-state index in [-0.39, 0.29) is 16.7 Å². The predicted molar refractivity (Wildman–Crippen MR) is 113 cm³/mol. The highest BCUT2D eigenvalue weighted by molar-refractivity contribution is 7.80. The minimum Gasteiger partial charge on any atom is -0.332 e. The molecule has 3 rings (SSSR count). The lowest BCUT2D eigenvalue weighted by molar-refractivity contribution is -0.385. The summed E-state index contributed by atoms with van der Waals surface area (Å²) in [6.07, 6.45) is 0. The number of hydrogen-bond acceptors (Lipinski definition) is 4. The first-order valence-corrected chi connectivity index (χ1v) is 8.88. The first-order chi connectivity index (χ1) is 13.4. The van der Waals surface area contributed by atoms with Crippen molar-refractivity contribution < 1.29 is 9.72 Å². The van der Waals surface area contributed by atoms with E-state index in [9.17, 15) is 14.9 Å². The van der Waals surface area contributed by atoms with Gasteiger partial charge in [-0.1, -0.05) is 48.5 Å². The number of carbonyl (C=O) groups is 1. The second-order valence-electron chi connectivity index (χ2n) is 6.11. The van der Waals surface area contributed by atoms with E-state index in [0.29, 0.717) is 16.8 Å². The van der Waals surface area contributed by atoms with Crippen molar-refractivity contribution in [2.75, 3.05) is 5.32 Å². The quantitative estimate of drug-likeness (QED) is 0.383. The number of anilines is 1. The van der Waals surface area contributed by atoms with E-state index < -0.39 is 4.92 Å². The molecule has 3 aromatic rings. The molecule has 0 saturated heterocycles. The van der Waals surface area contributed by atoms with Gasteiger partial charge in [0.25, 0.3) is 11.6 Å². The Morgan fingerprint density at radius 3 is 2.25 bits per heavy atom. The Kier molecular flexibility index (Phi) is 5.76. The molecule has 3 aromatic carbocycles. The zero-order valence-corrected chi connectivity index (χ0v) is 15.8. The number of hydrogen-bond donors (Lipinski definition) is 2. The van der Waals surface area contributed by atoms with Crippen LogP contribution < -0.4 is 10.6 Å². The van der Waals surface area contributed by atoms with E-state index in [1.807, 2.05) is 42.5 Å². The van der Waals surface area contributed by atoms with Crippen molar-refractivity contribution in [1.29, 1.82) is 0 Å². The highest BCUT2D eigenvalue weighted by Crippen LogP contribution is 2.22. The van der Waals surface area contributed by atoms with Crippen molar-refractivity contribution in [2.24, 2.45) is 0 Å². The topological polar surface area (TPSA) is 84.3 Å². The molecule has 0 aliphatic rings. The van der Waals surface area contributed by atoms with Gasteiger partial charge < -0.3 is 5.32 Å². The largest absolute Gasteiger partial charge is 0.332 e. The number of thiocarbonyl (C=S) groups is 1. The molecular weight excluding hydrogens is 374 g/mol. The van der Waals surface area contributed by atoms with E-state index in [0.717, 1.165) is 11.1 Å². The number of benzene rings is 3. The molecule has 0 aromatic heterocycles. The maximum Gasteiger partial charge on any atom is 0.274 e. The normalized spacial score (nSPS) is 10.2. The van der Waals surface area contributed by atoms with E-state index in [4.69, 9.17) is 12.2 Å². The molecule has 0 aliphatic heterocycles. The van der Waals surface area contributed by atoms with Gasteiger partial charge in [-0.2, -0.15) is 0 Å². The van der Waals surface area contributed by atoms with Crippen molar-refractivity contribution in [3.8, 4) is 11.1 Å². The molecule has 0 aliphatic carbocycles. The first-order valence-electron chi connectivity index (χ1n) is 8.47. The molecule has 0 bridgehead atoms. The van der Waals surface area contributed by atoms with Crippen LogP contribution in [0.2, 0.25) is 0 Å². The van der Waals surface area contributed by atoms with Crippen LogP contribution in [0.3, 0.4) is 0 Å². The number of nitro groups is 1. The second kappa shape index (κ2) is 8.41. The summed E-state index contributed by atoms with van der Waals surface area (Å²) in [6.45, 7) is 1.65. The van der Waals surface area contributed by atoms with Gasteiger partial charge in [-0.15, -0.1) is 0 Å². The Hall–Kier alpha value is -3.58. The Labute approximate surface area is 167 Å². The minimum absolute atomic E-state index is 0.0179. The number of nitrogens with zero attached hydrogens (tertiary/aromatic N) is 1. The van der Waals surface area contributed by atoms with E-state index >= 15 is 0 Å². The molecule has 0 fully saturated rings. The Morgan fingerprint density at radius 1 is 0.964 bits per heavy atom. The summed E-state index contributed by atoms with van der Waals surface area (Å²) < 4.78 is 0. The molecular formula is C21H17N3O3S. The van der Waals surface area contributed by atoms with Crippen molar-refractivity contribution in [3.05, 3.63) is 94.0 Å². The van der Waals surface area contributed by atoms with Crippen LogP contribution in [0.25, 0.3) is 11.1 Å². The summed E-state index contributed by atoms with van der Waals surface area (Å²) in [5, 5.41) is 16.5. The lowest BCUT2D eigenvalue weighted by Gasteiger charge is -2.10. The number of nitro benzene ring substituents is 1. The van der Waals surface area contributed by atoms with Crippen LogP contribution in [0.5, 0.6) is 0 Å². The minimum atomic E-state index is -0.462. The standard InChI is InChI=1S/C21H17N3O3S/c1-14-7-12-18(13-19(14)24(26)27)22-21(28)23-20(25)17-10-8-16(9-11-17)15-5-3-2-4-6-15/h2-13H,1H3,(H2,22,23,25,28). The number of amides is 1. The monoisotopic (exact) mass is 391 g/mol. The number of aryl methyl sites for hydroxylation is 1. The summed E-state index contributed by atoms with van der Waals surface area (Å²) in [7, 11) is 0. The smallest absolute Gasteiger partial charge is 0.274 e. The van der Waals surface area contributed by atoms with Crippen LogP contribution in [-0.2, 0) is 0 Å². The number of carbonyl (C=O) groups excluding carboxylic acids is 1. The predicted octanol–water partition coefficient (Wildman–Crippen LogP) is 4.70.